The summed E-state index contributed by atoms with van der Waals surface area (Å²) in [4.78, 5) is 2.42. The third-order valence-corrected chi connectivity index (χ3v) is 4.69. The molecular weight excluding hydrogens is 276 g/mol. The molecule has 1 aliphatic rings. The van der Waals surface area contributed by atoms with Crippen molar-refractivity contribution in [2.24, 2.45) is 0 Å². The van der Waals surface area contributed by atoms with Gasteiger partial charge >= 0.3 is 0 Å². The van der Waals surface area contributed by atoms with Gasteiger partial charge in [-0.05, 0) is 50.9 Å². The lowest BCUT2D eigenvalue weighted by molar-refractivity contribution is 0.123. The van der Waals surface area contributed by atoms with Gasteiger partial charge in [0.25, 0.3) is 0 Å². The molecule has 3 rings (SSSR count). The number of nitrogens with zero attached hydrogens (tertiary/aromatic N) is 4. The lowest BCUT2D eigenvalue weighted by atomic mass is 9.95. The zero-order chi connectivity index (χ0) is 15.5. The average molecular weight is 300 g/mol. The van der Waals surface area contributed by atoms with Crippen LogP contribution in [0.15, 0.2) is 30.5 Å². The van der Waals surface area contributed by atoms with Crippen molar-refractivity contribution < 1.29 is 4.74 Å². The summed E-state index contributed by atoms with van der Waals surface area (Å²) in [5.41, 5.74) is 2.28. The maximum Gasteiger partial charge on any atom is 0.118 e. The number of aromatic nitrogens is 3. The monoisotopic (exact) mass is 300 g/mol. The Labute approximate surface area is 131 Å². The Balaban J connectivity index is 1.70. The fraction of sp³-hybridized carbons (Fsp3) is 0.529. The molecule has 1 aromatic carbocycles. The Morgan fingerprint density at radius 1 is 1.23 bits per heavy atom. The highest BCUT2D eigenvalue weighted by Gasteiger charge is 2.27. The van der Waals surface area contributed by atoms with Gasteiger partial charge in [-0.15, -0.1) is 5.10 Å². The van der Waals surface area contributed by atoms with Crippen LogP contribution >= 0.6 is 0 Å². The number of hydrogen-bond donors (Lipinski definition) is 0. The summed E-state index contributed by atoms with van der Waals surface area (Å²) in [5, 5.41) is 8.70. The Morgan fingerprint density at radius 2 is 2.00 bits per heavy atom. The van der Waals surface area contributed by atoms with Crippen molar-refractivity contribution in [1.82, 2.24) is 19.9 Å². The van der Waals surface area contributed by atoms with Crippen molar-refractivity contribution in [1.29, 1.82) is 0 Å². The van der Waals surface area contributed by atoms with Crippen LogP contribution in [0.1, 0.15) is 43.5 Å². The summed E-state index contributed by atoms with van der Waals surface area (Å²) in [7, 11) is 3.87. The molecule has 1 aliphatic heterocycles. The first kappa shape index (κ1) is 15.0. The fourth-order valence-electron chi connectivity index (χ4n) is 3.14. The lowest BCUT2D eigenvalue weighted by Gasteiger charge is -2.36. The second-order valence-electron chi connectivity index (χ2n) is 6.15. The Hall–Kier alpha value is -1.88. The number of hydrogen-bond acceptors (Lipinski definition) is 4. The van der Waals surface area contributed by atoms with Crippen molar-refractivity contribution in [3.8, 4) is 5.75 Å². The molecule has 118 valence electrons. The van der Waals surface area contributed by atoms with Gasteiger partial charge in [0.1, 0.15) is 5.75 Å². The zero-order valence-corrected chi connectivity index (χ0v) is 13.6. The first-order valence-corrected chi connectivity index (χ1v) is 7.92. The van der Waals surface area contributed by atoms with Gasteiger partial charge in [-0.3, -0.25) is 4.90 Å². The molecule has 2 unspecified atom stereocenters. The Kier molecular flexibility index (Phi) is 4.43. The average Bonchev–Trinajstić information content (AvgIpc) is 2.99. The molecule has 0 bridgehead atoms. The minimum Gasteiger partial charge on any atom is -0.497 e. The molecule has 0 amide bonds. The predicted molar refractivity (Wildman–Crippen MR) is 85.9 cm³/mol. The first-order valence-electron chi connectivity index (χ1n) is 7.92. The van der Waals surface area contributed by atoms with Gasteiger partial charge in [0.05, 0.1) is 31.6 Å². The molecule has 2 atom stereocenters. The smallest absolute Gasteiger partial charge is 0.118 e. The van der Waals surface area contributed by atoms with Crippen LogP contribution in [-0.4, -0.2) is 40.1 Å². The van der Waals surface area contributed by atoms with Crippen LogP contribution < -0.4 is 4.74 Å². The number of ether oxygens (including phenoxy) is 1. The number of piperidine rings is 1. The third kappa shape index (κ3) is 3.14. The van der Waals surface area contributed by atoms with Crippen molar-refractivity contribution in [3.63, 3.8) is 0 Å². The SMILES string of the molecule is COc1ccc(Cn2cc(C3CCCC(C)N3C)nn2)cc1. The standard InChI is InChI=1S/C17H24N4O/c1-13-5-4-6-17(20(13)2)16-12-21(19-18-16)11-14-7-9-15(22-3)10-8-14/h7-10,12-13,17H,4-6,11H2,1-3H3. The van der Waals surface area contributed by atoms with E-state index in [1.54, 1.807) is 7.11 Å². The summed E-state index contributed by atoms with van der Waals surface area (Å²) in [6.45, 7) is 3.02. The van der Waals surface area contributed by atoms with Gasteiger partial charge in [0.15, 0.2) is 0 Å². The second-order valence-corrected chi connectivity index (χ2v) is 6.15. The largest absolute Gasteiger partial charge is 0.497 e. The van der Waals surface area contributed by atoms with E-state index in [2.05, 4.69) is 47.5 Å². The minimum atomic E-state index is 0.397. The maximum atomic E-state index is 5.18. The Morgan fingerprint density at radius 3 is 2.73 bits per heavy atom. The molecule has 1 saturated heterocycles. The van der Waals surface area contributed by atoms with Gasteiger partial charge in [0.2, 0.25) is 0 Å². The van der Waals surface area contributed by atoms with Crippen LogP contribution in [0.3, 0.4) is 0 Å². The van der Waals surface area contributed by atoms with Crippen LogP contribution in [0.25, 0.3) is 0 Å². The van der Waals surface area contributed by atoms with E-state index in [1.165, 1.54) is 24.8 Å². The van der Waals surface area contributed by atoms with E-state index in [9.17, 15) is 0 Å². The summed E-state index contributed by atoms with van der Waals surface area (Å²) in [5.74, 6) is 0.876. The highest BCUT2D eigenvalue weighted by Crippen LogP contribution is 2.31. The van der Waals surface area contributed by atoms with Crippen molar-refractivity contribution >= 4 is 0 Å². The maximum absolute atomic E-state index is 5.18. The highest BCUT2D eigenvalue weighted by atomic mass is 16.5. The van der Waals surface area contributed by atoms with Gasteiger partial charge in [-0.25, -0.2) is 4.68 Å². The molecule has 1 aromatic heterocycles. The van der Waals surface area contributed by atoms with Crippen LogP contribution in [0, 0.1) is 0 Å². The summed E-state index contributed by atoms with van der Waals surface area (Å²) >= 11 is 0. The lowest BCUT2D eigenvalue weighted by Crippen LogP contribution is -2.36. The van der Waals surface area contributed by atoms with Gasteiger partial charge in [-0.1, -0.05) is 17.3 Å². The topological polar surface area (TPSA) is 43.2 Å². The highest BCUT2D eigenvalue weighted by molar-refractivity contribution is 5.27. The summed E-state index contributed by atoms with van der Waals surface area (Å²) in [6, 6.07) is 9.09. The molecule has 5 heteroatoms. The van der Waals surface area contributed by atoms with Crippen LogP contribution in [-0.2, 0) is 6.54 Å². The van der Waals surface area contributed by atoms with E-state index >= 15 is 0 Å². The molecule has 0 saturated carbocycles. The van der Waals surface area contributed by atoms with Gasteiger partial charge in [-0.2, -0.15) is 0 Å². The molecule has 2 heterocycles. The number of methoxy groups -OCH3 is 1. The van der Waals surface area contributed by atoms with Crippen LogP contribution in [0.2, 0.25) is 0 Å². The molecule has 0 radical (unpaired) electrons. The van der Waals surface area contributed by atoms with Gasteiger partial charge < -0.3 is 4.74 Å². The predicted octanol–water partition coefficient (Wildman–Crippen LogP) is 2.88. The van der Waals surface area contributed by atoms with Crippen LogP contribution in [0.4, 0.5) is 0 Å². The minimum absolute atomic E-state index is 0.397. The van der Waals surface area contributed by atoms with Crippen LogP contribution in [0.5, 0.6) is 5.75 Å². The summed E-state index contributed by atoms with van der Waals surface area (Å²) in [6.07, 6.45) is 5.79. The molecule has 0 aliphatic carbocycles. The fourth-order valence-corrected chi connectivity index (χ4v) is 3.14. The van der Waals surface area contributed by atoms with E-state index in [4.69, 9.17) is 4.74 Å². The number of benzene rings is 1. The van der Waals surface area contributed by atoms with Crippen molar-refractivity contribution in [2.45, 2.75) is 44.8 Å². The second kappa shape index (κ2) is 6.48. The molecule has 1 fully saturated rings. The quantitative estimate of drug-likeness (QED) is 0.871. The third-order valence-electron chi connectivity index (χ3n) is 4.69. The van der Waals surface area contributed by atoms with Gasteiger partial charge in [0, 0.05) is 6.04 Å². The van der Waals surface area contributed by atoms with E-state index in [0.29, 0.717) is 12.1 Å². The molecule has 2 aromatic rings. The van der Waals surface area contributed by atoms with Crippen molar-refractivity contribution in [2.75, 3.05) is 14.2 Å². The van der Waals surface area contributed by atoms with E-state index < -0.39 is 0 Å². The number of rotatable bonds is 4. The van der Waals surface area contributed by atoms with E-state index in [1.807, 2.05) is 16.8 Å². The summed E-state index contributed by atoms with van der Waals surface area (Å²) < 4.78 is 7.11. The molecule has 0 N–H and O–H groups in total. The van der Waals surface area contributed by atoms with Crippen molar-refractivity contribution in [3.05, 3.63) is 41.7 Å². The molecule has 0 spiro atoms. The van der Waals surface area contributed by atoms with E-state index in [0.717, 1.165) is 18.0 Å². The number of likely N-dealkylation sites (tertiary alicyclic amines) is 1. The first-order chi connectivity index (χ1) is 10.7. The molecule has 5 nitrogen and oxygen atoms in total. The molecular formula is C17H24N4O. The zero-order valence-electron chi connectivity index (χ0n) is 13.6. The Bertz CT molecular complexity index is 607. The van der Waals surface area contributed by atoms with E-state index in [-0.39, 0.29) is 0 Å². The normalized spacial score (nSPS) is 22.7. The molecule has 22 heavy (non-hydrogen) atoms.